The van der Waals surface area contributed by atoms with Gasteiger partial charge in [-0.2, -0.15) is 4.98 Å². The van der Waals surface area contributed by atoms with Crippen molar-refractivity contribution in [2.24, 2.45) is 14.1 Å². The number of rotatable bonds is 5. The molecule has 0 unspecified atom stereocenters. The summed E-state index contributed by atoms with van der Waals surface area (Å²) in [6.45, 7) is 1.68. The number of fused-ring (bicyclic) bond motifs is 1. The molecule has 2 aromatic heterocycles. The number of urea groups is 1. The molecule has 2 amide bonds. The summed E-state index contributed by atoms with van der Waals surface area (Å²) in [5.74, 6) is -0.612. The topological polar surface area (TPSA) is 120 Å². The van der Waals surface area contributed by atoms with E-state index in [1.165, 1.54) is 35.2 Å². The first-order valence-corrected chi connectivity index (χ1v) is 10.9. The summed E-state index contributed by atoms with van der Waals surface area (Å²) in [7, 11) is 4.34. The first kappa shape index (κ1) is 23.3. The maximum Gasteiger partial charge on any atom is 0.338 e. The molecule has 3 aromatic rings. The minimum Gasteiger partial charge on any atom is -0.463 e. The molecule has 0 fully saturated rings. The van der Waals surface area contributed by atoms with E-state index in [0.29, 0.717) is 5.56 Å². The van der Waals surface area contributed by atoms with Crippen LogP contribution in [0.1, 0.15) is 18.5 Å². The zero-order chi connectivity index (χ0) is 24.7. The van der Waals surface area contributed by atoms with Crippen molar-refractivity contribution in [3.8, 4) is 0 Å². The average Bonchev–Trinajstić information content (AvgIpc) is 3.15. The number of carbonyl (C=O) groups excluding carboxylic acids is 2. The molecule has 1 aliphatic heterocycles. The van der Waals surface area contributed by atoms with Gasteiger partial charge in [-0.1, -0.05) is 30.3 Å². The fourth-order valence-electron chi connectivity index (χ4n) is 4.01. The van der Waals surface area contributed by atoms with Crippen LogP contribution in [-0.4, -0.2) is 49.2 Å². The van der Waals surface area contributed by atoms with Gasteiger partial charge < -0.3 is 14.6 Å². The lowest BCUT2D eigenvalue weighted by atomic mass is 9.94. The highest BCUT2D eigenvalue weighted by Crippen LogP contribution is 2.32. The molecule has 178 valence electrons. The summed E-state index contributed by atoms with van der Waals surface area (Å²) in [5.41, 5.74) is 0.189. The fourth-order valence-corrected chi connectivity index (χ4v) is 4.23. The van der Waals surface area contributed by atoms with E-state index in [-0.39, 0.29) is 40.9 Å². The van der Waals surface area contributed by atoms with Gasteiger partial charge in [0.1, 0.15) is 0 Å². The molecule has 11 nitrogen and oxygen atoms in total. The van der Waals surface area contributed by atoms with Gasteiger partial charge in [0.15, 0.2) is 11.2 Å². The SMILES string of the molecule is CCOC(=O)C1=C(Cn2c(Cl)nc3c2c(=O)n(C)c(=O)n3C)N(C)C(=O)N[C@H]1c1ccccc1. The number of aromatic nitrogens is 4. The number of benzene rings is 1. The zero-order valence-corrected chi connectivity index (χ0v) is 19.8. The van der Waals surface area contributed by atoms with Gasteiger partial charge in [0.2, 0.25) is 5.28 Å². The largest absolute Gasteiger partial charge is 0.463 e. The smallest absolute Gasteiger partial charge is 0.338 e. The second-order valence-corrected chi connectivity index (χ2v) is 8.12. The predicted octanol–water partition coefficient (Wildman–Crippen LogP) is 1.30. The molecule has 0 bridgehead atoms. The second kappa shape index (κ2) is 8.82. The van der Waals surface area contributed by atoms with Crippen LogP contribution in [0.15, 0.2) is 51.2 Å². The minimum atomic E-state index is -0.778. The summed E-state index contributed by atoms with van der Waals surface area (Å²) < 4.78 is 8.86. The number of allylic oxidation sites excluding steroid dienone is 1. The molecule has 12 heteroatoms. The molecule has 0 aliphatic carbocycles. The number of esters is 1. The Morgan fingerprint density at radius 2 is 1.79 bits per heavy atom. The Hall–Kier alpha value is -3.86. The van der Waals surface area contributed by atoms with Crippen LogP contribution in [0.5, 0.6) is 0 Å². The van der Waals surface area contributed by atoms with Crippen LogP contribution in [0.2, 0.25) is 5.28 Å². The number of halogens is 1. The van der Waals surface area contributed by atoms with Crippen molar-refractivity contribution in [2.75, 3.05) is 13.7 Å². The molecule has 0 spiro atoms. The Morgan fingerprint density at radius 1 is 1.12 bits per heavy atom. The lowest BCUT2D eigenvalue weighted by Gasteiger charge is -2.34. The standard InChI is InChI=1S/C22H23ClN6O5/c1-5-34-19(31)14-13(26(2)21(32)24-15(14)12-9-7-6-8-10-12)11-29-16-17(25-20(29)23)27(3)22(33)28(4)18(16)30/h6-10,15H,5,11H2,1-4H3,(H,24,32)/t15-/m0/s1. The van der Waals surface area contributed by atoms with Crippen LogP contribution in [0.3, 0.4) is 0 Å². The van der Waals surface area contributed by atoms with E-state index in [4.69, 9.17) is 16.3 Å². The highest BCUT2D eigenvalue weighted by Gasteiger charge is 2.37. The maximum atomic E-state index is 13.1. The second-order valence-electron chi connectivity index (χ2n) is 7.78. The number of carbonyl (C=O) groups is 2. The summed E-state index contributed by atoms with van der Waals surface area (Å²) in [5, 5.41) is 2.76. The van der Waals surface area contributed by atoms with Gasteiger partial charge in [-0.15, -0.1) is 0 Å². The number of amides is 2. The normalized spacial score (nSPS) is 16.2. The van der Waals surface area contributed by atoms with Crippen LogP contribution >= 0.6 is 11.6 Å². The van der Waals surface area contributed by atoms with E-state index in [1.807, 2.05) is 6.07 Å². The van der Waals surface area contributed by atoms with Crippen LogP contribution in [0.25, 0.3) is 11.2 Å². The van der Waals surface area contributed by atoms with Crippen molar-refractivity contribution in [1.29, 1.82) is 0 Å². The van der Waals surface area contributed by atoms with Crippen molar-refractivity contribution in [1.82, 2.24) is 28.9 Å². The quantitative estimate of drug-likeness (QED) is 0.428. The fraction of sp³-hybridized carbons (Fsp3) is 0.318. The summed E-state index contributed by atoms with van der Waals surface area (Å²) in [6, 6.07) is 7.78. The highest BCUT2D eigenvalue weighted by atomic mass is 35.5. The van der Waals surface area contributed by atoms with Gasteiger partial charge in [-0.3, -0.25) is 18.8 Å². The lowest BCUT2D eigenvalue weighted by molar-refractivity contribution is -0.139. The van der Waals surface area contributed by atoms with Gasteiger partial charge in [-0.05, 0) is 24.1 Å². The van der Waals surface area contributed by atoms with Gasteiger partial charge in [0.25, 0.3) is 5.56 Å². The minimum absolute atomic E-state index is 0.0698. The Morgan fingerprint density at radius 3 is 2.44 bits per heavy atom. The van der Waals surface area contributed by atoms with Crippen LogP contribution in [-0.2, 0) is 30.2 Å². The van der Waals surface area contributed by atoms with Gasteiger partial charge in [0.05, 0.1) is 30.5 Å². The third-order valence-corrected chi connectivity index (χ3v) is 6.10. The Bertz CT molecular complexity index is 1450. The number of nitrogens with zero attached hydrogens (tertiary/aromatic N) is 5. The van der Waals surface area contributed by atoms with Crippen molar-refractivity contribution >= 4 is 34.8 Å². The predicted molar refractivity (Wildman–Crippen MR) is 124 cm³/mol. The molecular weight excluding hydrogens is 464 g/mol. The van der Waals surface area contributed by atoms with E-state index in [0.717, 1.165) is 4.57 Å². The molecule has 1 aliphatic rings. The molecular formula is C22H23ClN6O5. The summed E-state index contributed by atoms with van der Waals surface area (Å²) in [6.07, 6.45) is 0. The number of imidazole rings is 1. The molecule has 0 saturated carbocycles. The maximum absolute atomic E-state index is 13.1. The first-order valence-electron chi connectivity index (χ1n) is 10.5. The Labute approximate surface area is 198 Å². The van der Waals surface area contributed by atoms with E-state index >= 15 is 0 Å². The number of hydrogen-bond acceptors (Lipinski definition) is 6. The van der Waals surface area contributed by atoms with Crippen LogP contribution in [0.4, 0.5) is 4.79 Å². The number of ether oxygens (including phenoxy) is 1. The molecule has 1 N–H and O–H groups in total. The van der Waals surface area contributed by atoms with Gasteiger partial charge in [0, 0.05) is 21.1 Å². The highest BCUT2D eigenvalue weighted by molar-refractivity contribution is 6.29. The first-order chi connectivity index (χ1) is 16.2. The molecule has 0 saturated heterocycles. The van der Waals surface area contributed by atoms with Crippen molar-refractivity contribution in [3.63, 3.8) is 0 Å². The van der Waals surface area contributed by atoms with E-state index in [2.05, 4.69) is 10.3 Å². The summed E-state index contributed by atoms with van der Waals surface area (Å²) >= 11 is 6.39. The molecule has 4 rings (SSSR count). The number of likely N-dealkylation sites (N-methyl/N-ethyl adjacent to an activating group) is 1. The number of nitrogens with one attached hydrogen (secondary N) is 1. The van der Waals surface area contributed by atoms with E-state index in [9.17, 15) is 19.2 Å². The van der Waals surface area contributed by atoms with E-state index in [1.54, 1.807) is 31.2 Å². The van der Waals surface area contributed by atoms with Gasteiger partial charge in [-0.25, -0.2) is 14.4 Å². The third kappa shape index (κ3) is 3.67. The van der Waals surface area contributed by atoms with Crippen molar-refractivity contribution in [2.45, 2.75) is 19.5 Å². The van der Waals surface area contributed by atoms with Crippen LogP contribution < -0.4 is 16.6 Å². The average molecular weight is 487 g/mol. The molecule has 3 heterocycles. The van der Waals surface area contributed by atoms with E-state index < -0.39 is 29.3 Å². The van der Waals surface area contributed by atoms with Gasteiger partial charge >= 0.3 is 17.7 Å². The monoisotopic (exact) mass is 486 g/mol. The Balaban J connectivity index is 1.98. The number of hydrogen-bond donors (Lipinski definition) is 1. The molecule has 1 atom stereocenters. The van der Waals surface area contributed by atoms with Crippen LogP contribution in [0, 0.1) is 0 Å². The van der Waals surface area contributed by atoms with Crippen molar-refractivity contribution < 1.29 is 14.3 Å². The molecule has 0 radical (unpaired) electrons. The Kier molecular flexibility index (Phi) is 6.05. The third-order valence-electron chi connectivity index (χ3n) is 5.81. The zero-order valence-electron chi connectivity index (χ0n) is 19.0. The lowest BCUT2D eigenvalue weighted by Crippen LogP contribution is -2.47. The van der Waals surface area contributed by atoms with Crippen molar-refractivity contribution in [3.05, 3.63) is 73.3 Å². The summed E-state index contributed by atoms with van der Waals surface area (Å²) in [4.78, 5) is 56.7. The number of aryl methyl sites for hydroxylation is 1. The molecule has 1 aromatic carbocycles. The molecule has 34 heavy (non-hydrogen) atoms.